The van der Waals surface area contributed by atoms with Crippen LogP contribution in [0, 0.1) is 0 Å². The molecular formula is C27H31N3O5. The SMILES string of the molecule is COc1cccc(CN2C(=O)c3cc4ccc(OC)cc4n3CC2(C)C(=O)NCC2CCCO2)c1. The molecule has 1 fully saturated rings. The van der Waals surface area contributed by atoms with Crippen molar-refractivity contribution < 1.29 is 23.8 Å². The lowest BCUT2D eigenvalue weighted by Gasteiger charge is -2.44. The first-order valence-electron chi connectivity index (χ1n) is 11.9. The van der Waals surface area contributed by atoms with Crippen molar-refractivity contribution in [3.63, 3.8) is 0 Å². The Morgan fingerprint density at radius 1 is 1.14 bits per heavy atom. The van der Waals surface area contributed by atoms with Crippen LogP contribution >= 0.6 is 0 Å². The maximum atomic E-state index is 13.9. The second-order valence-electron chi connectivity index (χ2n) is 9.40. The van der Waals surface area contributed by atoms with E-state index in [0.717, 1.165) is 35.9 Å². The Hall–Kier alpha value is -3.52. The summed E-state index contributed by atoms with van der Waals surface area (Å²) in [5.41, 5.74) is 1.20. The third kappa shape index (κ3) is 4.23. The van der Waals surface area contributed by atoms with E-state index in [9.17, 15) is 9.59 Å². The number of carbonyl (C=O) groups is 2. The first-order valence-corrected chi connectivity index (χ1v) is 11.9. The van der Waals surface area contributed by atoms with Gasteiger partial charge in [-0.1, -0.05) is 12.1 Å². The summed E-state index contributed by atoms with van der Waals surface area (Å²) in [6.45, 7) is 3.60. The largest absolute Gasteiger partial charge is 0.497 e. The van der Waals surface area contributed by atoms with Gasteiger partial charge in [-0.05, 0) is 55.7 Å². The molecule has 8 heteroatoms. The molecule has 3 heterocycles. The molecule has 184 valence electrons. The number of carbonyl (C=O) groups excluding carboxylic acids is 2. The van der Waals surface area contributed by atoms with Crippen LogP contribution in [0.25, 0.3) is 10.9 Å². The van der Waals surface area contributed by atoms with Gasteiger partial charge in [0.2, 0.25) is 5.91 Å². The van der Waals surface area contributed by atoms with Crippen molar-refractivity contribution in [1.82, 2.24) is 14.8 Å². The third-order valence-corrected chi connectivity index (χ3v) is 7.12. The molecule has 2 aliphatic rings. The number of benzene rings is 2. The molecule has 0 spiro atoms. The minimum atomic E-state index is -1.11. The zero-order valence-electron chi connectivity index (χ0n) is 20.4. The quantitative estimate of drug-likeness (QED) is 0.564. The molecule has 0 radical (unpaired) electrons. The van der Waals surface area contributed by atoms with Gasteiger partial charge in [0, 0.05) is 31.1 Å². The number of nitrogens with one attached hydrogen (secondary N) is 1. The lowest BCUT2D eigenvalue weighted by molar-refractivity contribution is -0.133. The maximum Gasteiger partial charge on any atom is 0.271 e. The van der Waals surface area contributed by atoms with Gasteiger partial charge in [-0.2, -0.15) is 0 Å². The van der Waals surface area contributed by atoms with Gasteiger partial charge in [-0.3, -0.25) is 9.59 Å². The molecular weight excluding hydrogens is 446 g/mol. The normalized spacial score (nSPS) is 21.7. The van der Waals surface area contributed by atoms with Gasteiger partial charge in [0.05, 0.1) is 32.4 Å². The van der Waals surface area contributed by atoms with Gasteiger partial charge in [0.1, 0.15) is 22.7 Å². The van der Waals surface area contributed by atoms with E-state index in [1.54, 1.807) is 19.1 Å². The monoisotopic (exact) mass is 477 g/mol. The van der Waals surface area contributed by atoms with Crippen molar-refractivity contribution in [2.24, 2.45) is 0 Å². The molecule has 2 aliphatic heterocycles. The molecule has 8 nitrogen and oxygen atoms in total. The van der Waals surface area contributed by atoms with Crippen molar-refractivity contribution in [2.75, 3.05) is 27.4 Å². The van der Waals surface area contributed by atoms with E-state index in [4.69, 9.17) is 14.2 Å². The fraction of sp³-hybridized carbons (Fsp3) is 0.407. The molecule has 5 rings (SSSR count). The molecule has 1 N–H and O–H groups in total. The second-order valence-corrected chi connectivity index (χ2v) is 9.40. The summed E-state index contributed by atoms with van der Waals surface area (Å²) in [4.78, 5) is 29.3. The number of methoxy groups -OCH3 is 2. The average Bonchev–Trinajstić information content (AvgIpc) is 3.53. The van der Waals surface area contributed by atoms with Gasteiger partial charge < -0.3 is 29.0 Å². The number of fused-ring (bicyclic) bond motifs is 3. The number of nitrogens with zero attached hydrogens (tertiary/aromatic N) is 2. The number of ether oxygens (including phenoxy) is 3. The molecule has 2 unspecified atom stereocenters. The topological polar surface area (TPSA) is 82.0 Å². The van der Waals surface area contributed by atoms with E-state index in [1.165, 1.54) is 0 Å². The summed E-state index contributed by atoms with van der Waals surface area (Å²) in [6.07, 6.45) is 1.94. The summed E-state index contributed by atoms with van der Waals surface area (Å²) in [5.74, 6) is 1.02. The minimum absolute atomic E-state index is 0.0147. The van der Waals surface area contributed by atoms with Crippen LogP contribution in [0.15, 0.2) is 48.5 Å². The number of hydrogen-bond donors (Lipinski definition) is 1. The average molecular weight is 478 g/mol. The van der Waals surface area contributed by atoms with E-state index in [0.29, 0.717) is 30.3 Å². The van der Waals surface area contributed by atoms with E-state index in [2.05, 4.69) is 5.32 Å². The molecule has 3 aromatic rings. The summed E-state index contributed by atoms with van der Waals surface area (Å²) >= 11 is 0. The lowest BCUT2D eigenvalue weighted by atomic mass is 9.93. The molecule has 1 aromatic heterocycles. The van der Waals surface area contributed by atoms with Crippen LogP contribution in [-0.2, 0) is 22.6 Å². The van der Waals surface area contributed by atoms with Gasteiger partial charge in [-0.15, -0.1) is 0 Å². The molecule has 0 saturated carbocycles. The molecule has 0 aliphatic carbocycles. The third-order valence-electron chi connectivity index (χ3n) is 7.12. The van der Waals surface area contributed by atoms with E-state index >= 15 is 0 Å². The zero-order valence-corrected chi connectivity index (χ0v) is 20.4. The summed E-state index contributed by atoms with van der Waals surface area (Å²) in [7, 11) is 3.23. The van der Waals surface area contributed by atoms with Crippen molar-refractivity contribution in [3.8, 4) is 11.5 Å². The van der Waals surface area contributed by atoms with Crippen molar-refractivity contribution >= 4 is 22.7 Å². The molecule has 2 amide bonds. The Kier molecular flexibility index (Phi) is 6.15. The van der Waals surface area contributed by atoms with Gasteiger partial charge >= 0.3 is 0 Å². The van der Waals surface area contributed by atoms with Crippen LogP contribution in [0.4, 0.5) is 0 Å². The van der Waals surface area contributed by atoms with Gasteiger partial charge in [0.15, 0.2) is 0 Å². The summed E-state index contributed by atoms with van der Waals surface area (Å²) in [6, 6.07) is 15.2. The number of rotatable bonds is 7. The van der Waals surface area contributed by atoms with Crippen LogP contribution in [0.2, 0.25) is 0 Å². The molecule has 2 aromatic carbocycles. The van der Waals surface area contributed by atoms with Crippen LogP contribution in [0.3, 0.4) is 0 Å². The molecule has 2 atom stereocenters. The fourth-order valence-corrected chi connectivity index (χ4v) is 5.06. The van der Waals surface area contributed by atoms with Crippen LogP contribution < -0.4 is 14.8 Å². The van der Waals surface area contributed by atoms with E-state index in [1.807, 2.05) is 60.0 Å². The Balaban J connectivity index is 1.54. The first kappa shape index (κ1) is 23.2. The fourth-order valence-electron chi connectivity index (χ4n) is 5.06. The Morgan fingerprint density at radius 3 is 2.69 bits per heavy atom. The molecule has 0 bridgehead atoms. The smallest absolute Gasteiger partial charge is 0.271 e. The predicted molar refractivity (Wildman–Crippen MR) is 132 cm³/mol. The van der Waals surface area contributed by atoms with Gasteiger partial charge in [-0.25, -0.2) is 0 Å². The Labute approximate surface area is 204 Å². The van der Waals surface area contributed by atoms with E-state index in [-0.39, 0.29) is 24.5 Å². The zero-order chi connectivity index (χ0) is 24.6. The van der Waals surface area contributed by atoms with E-state index < -0.39 is 5.54 Å². The Bertz CT molecular complexity index is 1260. The second kappa shape index (κ2) is 9.26. The van der Waals surface area contributed by atoms with Crippen LogP contribution in [0.1, 0.15) is 35.8 Å². The highest BCUT2D eigenvalue weighted by Crippen LogP contribution is 2.35. The molecule has 35 heavy (non-hydrogen) atoms. The van der Waals surface area contributed by atoms with Crippen molar-refractivity contribution in [1.29, 1.82) is 0 Å². The molecule has 1 saturated heterocycles. The highest BCUT2D eigenvalue weighted by Gasteiger charge is 2.47. The predicted octanol–water partition coefficient (Wildman–Crippen LogP) is 3.37. The standard InChI is InChI=1S/C27H31N3O5/c1-27(26(32)28-15-22-8-5-11-35-22)17-29-23-14-21(34-3)10-9-19(23)13-24(29)25(31)30(27)16-18-6-4-7-20(12-18)33-2/h4,6-7,9-10,12-14,22H,5,8,11,15-17H2,1-3H3,(H,28,32). The van der Waals surface area contributed by atoms with Crippen molar-refractivity contribution in [3.05, 3.63) is 59.8 Å². The maximum absolute atomic E-state index is 13.9. The number of hydrogen-bond acceptors (Lipinski definition) is 5. The number of amides is 2. The minimum Gasteiger partial charge on any atom is -0.497 e. The van der Waals surface area contributed by atoms with Crippen LogP contribution in [0.5, 0.6) is 11.5 Å². The van der Waals surface area contributed by atoms with Crippen molar-refractivity contribution in [2.45, 2.75) is 44.5 Å². The summed E-state index contributed by atoms with van der Waals surface area (Å²) in [5, 5.41) is 4.00. The highest BCUT2D eigenvalue weighted by molar-refractivity contribution is 6.03. The van der Waals surface area contributed by atoms with Gasteiger partial charge in [0.25, 0.3) is 5.91 Å². The lowest BCUT2D eigenvalue weighted by Crippen LogP contribution is -2.64. The van der Waals surface area contributed by atoms with Crippen LogP contribution in [-0.4, -0.2) is 60.3 Å². The first-order chi connectivity index (χ1) is 16.9. The summed E-state index contributed by atoms with van der Waals surface area (Å²) < 4.78 is 18.4. The Morgan fingerprint density at radius 2 is 1.94 bits per heavy atom. The number of aromatic nitrogens is 1. The highest BCUT2D eigenvalue weighted by atomic mass is 16.5.